The van der Waals surface area contributed by atoms with Gasteiger partial charge in [-0.05, 0) is 44.5 Å². The Morgan fingerprint density at radius 1 is 1.13 bits per heavy atom. The molecule has 4 rings (SSSR count). The minimum absolute atomic E-state index is 0.0542. The highest BCUT2D eigenvalue weighted by Gasteiger charge is 2.26. The molecule has 0 N–H and O–H groups in total. The number of benzene rings is 1. The minimum atomic E-state index is -0.443. The zero-order valence-electron chi connectivity index (χ0n) is 16.9. The lowest BCUT2D eigenvalue weighted by Gasteiger charge is -2.05. The molecule has 0 spiro atoms. The van der Waals surface area contributed by atoms with Gasteiger partial charge in [0.2, 0.25) is 5.89 Å². The van der Waals surface area contributed by atoms with Crippen molar-refractivity contribution < 1.29 is 9.34 Å². The Morgan fingerprint density at radius 2 is 1.87 bits per heavy atom. The molecule has 1 aromatic carbocycles. The first-order chi connectivity index (χ1) is 14.3. The van der Waals surface area contributed by atoms with Crippen molar-refractivity contribution in [3.05, 3.63) is 75.2 Å². The van der Waals surface area contributed by atoms with Crippen LogP contribution in [0.1, 0.15) is 28.5 Å². The third kappa shape index (κ3) is 3.39. The summed E-state index contributed by atoms with van der Waals surface area (Å²) in [6.07, 6.45) is 3.61. The zero-order chi connectivity index (χ0) is 21.4. The van der Waals surface area contributed by atoms with Crippen LogP contribution < -0.4 is 0 Å². The average Bonchev–Trinajstić information content (AvgIpc) is 3.38. The summed E-state index contributed by atoms with van der Waals surface area (Å²) in [7, 11) is 1.82. The second-order valence-corrected chi connectivity index (χ2v) is 6.87. The van der Waals surface area contributed by atoms with E-state index in [4.69, 9.17) is 4.42 Å². The highest BCUT2D eigenvalue weighted by Crippen LogP contribution is 2.29. The molecule has 0 fully saturated rings. The second-order valence-electron chi connectivity index (χ2n) is 6.87. The van der Waals surface area contributed by atoms with Crippen molar-refractivity contribution in [1.29, 1.82) is 0 Å². The van der Waals surface area contributed by atoms with Crippen LogP contribution >= 0.6 is 0 Å². The molecule has 0 aliphatic rings. The summed E-state index contributed by atoms with van der Waals surface area (Å²) in [6, 6.07) is 9.36. The van der Waals surface area contributed by atoms with E-state index in [2.05, 4.69) is 20.4 Å². The maximum Gasteiger partial charge on any atom is 0.313 e. The monoisotopic (exact) mass is 405 g/mol. The van der Waals surface area contributed by atoms with Crippen LogP contribution in [0.4, 0.5) is 5.69 Å². The average molecular weight is 405 g/mol. The Balaban J connectivity index is 1.90. The summed E-state index contributed by atoms with van der Waals surface area (Å²) in [5, 5.41) is 28.6. The van der Waals surface area contributed by atoms with E-state index in [9.17, 15) is 10.1 Å². The number of rotatable bonds is 5. The van der Waals surface area contributed by atoms with Gasteiger partial charge in [-0.3, -0.25) is 14.8 Å². The van der Waals surface area contributed by atoms with Crippen molar-refractivity contribution in [1.82, 2.24) is 29.8 Å². The summed E-state index contributed by atoms with van der Waals surface area (Å²) in [5.74, 6) is 0.518. The van der Waals surface area contributed by atoms with E-state index in [0.717, 1.165) is 11.1 Å². The van der Waals surface area contributed by atoms with Gasteiger partial charge in [0, 0.05) is 18.8 Å². The first-order valence-electron chi connectivity index (χ1n) is 9.17. The van der Waals surface area contributed by atoms with Crippen molar-refractivity contribution in [2.45, 2.75) is 20.8 Å². The molecule has 0 amide bonds. The van der Waals surface area contributed by atoms with Crippen molar-refractivity contribution >= 4 is 17.5 Å². The summed E-state index contributed by atoms with van der Waals surface area (Å²) in [5.41, 5.74) is 3.36. The lowest BCUT2D eigenvalue weighted by molar-refractivity contribution is -0.386. The SMILES string of the molecule is Cc1cn(C)nc1C=C(c1nnc(-c2ccccc2)o1)n1nc(C)c([N+](=O)[O-])c1C. The minimum Gasteiger partial charge on any atom is -0.415 e. The van der Waals surface area contributed by atoms with Crippen molar-refractivity contribution in [3.63, 3.8) is 0 Å². The van der Waals surface area contributed by atoms with Crippen molar-refractivity contribution in [2.24, 2.45) is 7.05 Å². The van der Waals surface area contributed by atoms with Gasteiger partial charge in [-0.25, -0.2) is 4.68 Å². The molecule has 152 valence electrons. The molecule has 30 heavy (non-hydrogen) atoms. The van der Waals surface area contributed by atoms with Gasteiger partial charge in [0.25, 0.3) is 5.89 Å². The van der Waals surface area contributed by atoms with Gasteiger partial charge in [-0.2, -0.15) is 10.2 Å². The number of aryl methyl sites for hydroxylation is 3. The molecule has 3 aromatic heterocycles. The van der Waals surface area contributed by atoms with E-state index in [1.807, 2.05) is 50.5 Å². The number of aromatic nitrogens is 6. The van der Waals surface area contributed by atoms with E-state index in [-0.39, 0.29) is 11.6 Å². The van der Waals surface area contributed by atoms with E-state index in [1.165, 1.54) is 4.68 Å². The van der Waals surface area contributed by atoms with E-state index >= 15 is 0 Å². The van der Waals surface area contributed by atoms with Crippen molar-refractivity contribution in [2.75, 3.05) is 0 Å². The molecule has 0 atom stereocenters. The molecule has 10 heteroatoms. The Morgan fingerprint density at radius 3 is 2.47 bits per heavy atom. The van der Waals surface area contributed by atoms with Crippen LogP contribution in [0.15, 0.2) is 40.9 Å². The van der Waals surface area contributed by atoms with E-state index in [0.29, 0.717) is 28.7 Å². The standard InChI is InChI=1S/C20H19N7O3/c1-12-11-25(4)24-16(12)10-17(26-14(3)18(27(28)29)13(2)23-26)20-22-21-19(30-20)15-8-6-5-7-9-15/h5-11H,1-4H3. The summed E-state index contributed by atoms with van der Waals surface area (Å²) < 4.78 is 9.05. The van der Waals surface area contributed by atoms with Gasteiger partial charge in [-0.1, -0.05) is 18.2 Å². The van der Waals surface area contributed by atoms with Gasteiger partial charge >= 0.3 is 5.69 Å². The first kappa shape index (κ1) is 19.2. The molecule has 10 nitrogen and oxygen atoms in total. The van der Waals surface area contributed by atoms with Crippen LogP contribution in [0.25, 0.3) is 23.2 Å². The third-order valence-corrected chi connectivity index (χ3v) is 4.65. The van der Waals surface area contributed by atoms with Gasteiger partial charge in [-0.15, -0.1) is 10.2 Å². The molecular formula is C20H19N7O3. The van der Waals surface area contributed by atoms with E-state index < -0.39 is 4.92 Å². The maximum atomic E-state index is 11.5. The fraction of sp³-hybridized carbons (Fsp3) is 0.200. The number of hydrogen-bond donors (Lipinski definition) is 0. The predicted octanol–water partition coefficient (Wildman–Crippen LogP) is 3.55. The summed E-state index contributed by atoms with van der Waals surface area (Å²) in [4.78, 5) is 11.0. The summed E-state index contributed by atoms with van der Waals surface area (Å²) >= 11 is 0. The van der Waals surface area contributed by atoms with Crippen LogP contribution in [0, 0.1) is 30.9 Å². The van der Waals surface area contributed by atoms with Crippen LogP contribution in [0.3, 0.4) is 0 Å². The second kappa shape index (κ2) is 7.39. The molecule has 0 unspecified atom stereocenters. The molecule has 0 radical (unpaired) electrons. The molecule has 0 aliphatic heterocycles. The Bertz CT molecular complexity index is 1270. The maximum absolute atomic E-state index is 11.5. The molecule has 0 saturated heterocycles. The Kier molecular flexibility index (Phi) is 4.74. The fourth-order valence-corrected chi connectivity index (χ4v) is 3.27. The highest BCUT2D eigenvalue weighted by atomic mass is 16.6. The van der Waals surface area contributed by atoms with Gasteiger partial charge in [0.1, 0.15) is 17.1 Å². The number of nitro groups is 1. The number of nitrogens with zero attached hydrogens (tertiary/aromatic N) is 7. The zero-order valence-corrected chi connectivity index (χ0v) is 16.9. The summed E-state index contributed by atoms with van der Waals surface area (Å²) in [6.45, 7) is 5.14. The highest BCUT2D eigenvalue weighted by molar-refractivity contribution is 5.78. The normalized spacial score (nSPS) is 11.8. The molecule has 4 aromatic rings. The van der Waals surface area contributed by atoms with Gasteiger partial charge < -0.3 is 4.42 Å². The smallest absolute Gasteiger partial charge is 0.313 e. The molecule has 0 saturated carbocycles. The Hall–Kier alpha value is -4.08. The molecule has 0 bridgehead atoms. The Labute approximate surface area is 171 Å². The van der Waals surface area contributed by atoms with Crippen LogP contribution in [0.2, 0.25) is 0 Å². The lowest BCUT2D eigenvalue weighted by atomic mass is 10.2. The first-order valence-corrected chi connectivity index (χ1v) is 9.17. The third-order valence-electron chi connectivity index (χ3n) is 4.65. The van der Waals surface area contributed by atoms with Crippen molar-refractivity contribution in [3.8, 4) is 11.5 Å². The molecule has 3 heterocycles. The largest absolute Gasteiger partial charge is 0.415 e. The fourth-order valence-electron chi connectivity index (χ4n) is 3.27. The number of hydrogen-bond acceptors (Lipinski definition) is 7. The molecular weight excluding hydrogens is 386 g/mol. The van der Waals surface area contributed by atoms with Crippen LogP contribution in [0.5, 0.6) is 0 Å². The van der Waals surface area contributed by atoms with Gasteiger partial charge in [0.15, 0.2) is 0 Å². The van der Waals surface area contributed by atoms with Gasteiger partial charge in [0.05, 0.1) is 10.6 Å². The van der Waals surface area contributed by atoms with E-state index in [1.54, 1.807) is 24.6 Å². The van der Waals surface area contributed by atoms with Crippen LogP contribution in [-0.4, -0.2) is 34.7 Å². The predicted molar refractivity (Wildman–Crippen MR) is 109 cm³/mol. The topological polar surface area (TPSA) is 118 Å². The molecule has 0 aliphatic carbocycles. The van der Waals surface area contributed by atoms with Crippen LogP contribution in [-0.2, 0) is 7.05 Å². The lowest BCUT2D eigenvalue weighted by Crippen LogP contribution is -2.05. The quantitative estimate of drug-likeness (QED) is 0.368.